The number of aliphatic hydroxyl groups is 1. The SMILES string of the molecule is C=CCOC(=O)[C@H]1[C@H]2C(=O)N([C@H](CO)c3ccccc3)C(C(=O)N(CC=C)c3ccc(N(CC)CC)cc3)C23CC(Br)[C@@H]1S3. The van der Waals surface area contributed by atoms with Crippen LogP contribution >= 0.6 is 27.7 Å². The van der Waals surface area contributed by atoms with Gasteiger partial charge in [-0.25, -0.2) is 0 Å². The fourth-order valence-corrected chi connectivity index (χ4v) is 10.8. The van der Waals surface area contributed by atoms with Crippen molar-refractivity contribution in [1.82, 2.24) is 4.90 Å². The van der Waals surface area contributed by atoms with Gasteiger partial charge in [-0.05, 0) is 50.1 Å². The van der Waals surface area contributed by atoms with E-state index in [9.17, 15) is 19.5 Å². The molecule has 0 aromatic heterocycles. The second-order valence-electron chi connectivity index (χ2n) is 11.4. The molecular formula is C34H40BrN3O5S. The van der Waals surface area contributed by atoms with Gasteiger partial charge in [0.25, 0.3) is 5.91 Å². The third-order valence-electron chi connectivity index (χ3n) is 9.14. The Morgan fingerprint density at radius 3 is 2.36 bits per heavy atom. The molecule has 3 heterocycles. The molecule has 2 bridgehead atoms. The zero-order chi connectivity index (χ0) is 31.6. The molecule has 3 aliphatic heterocycles. The fourth-order valence-electron chi connectivity index (χ4n) is 7.25. The molecule has 44 heavy (non-hydrogen) atoms. The molecule has 7 atom stereocenters. The number of esters is 1. The maximum absolute atomic E-state index is 15.0. The van der Waals surface area contributed by atoms with Crippen LogP contribution in [0.5, 0.6) is 0 Å². The quantitative estimate of drug-likeness (QED) is 0.181. The van der Waals surface area contributed by atoms with Crippen molar-refractivity contribution in [3.05, 3.63) is 85.5 Å². The maximum Gasteiger partial charge on any atom is 0.311 e. The number of hydrogen-bond donors (Lipinski definition) is 1. The Morgan fingerprint density at radius 1 is 1.11 bits per heavy atom. The highest BCUT2D eigenvalue weighted by Gasteiger charge is 2.76. The first kappa shape index (κ1) is 32.3. The summed E-state index contributed by atoms with van der Waals surface area (Å²) in [6, 6.07) is 15.4. The number of carbonyl (C=O) groups excluding carboxylic acids is 3. The number of aliphatic hydroxyl groups excluding tert-OH is 1. The molecule has 0 radical (unpaired) electrons. The Hall–Kier alpha value is -3.08. The standard InChI is InChI=1S/C34H40BrN3O5S/c1-5-18-37(24-16-14-23(15-17-24)36(7-3)8-4)32(41)30-34-20-25(35)29(44-34)27(33(42)43-19-6-2)28(34)31(40)38(30)26(21-39)22-12-10-9-11-13-22/h5-6,9-17,25-30,39H,1-2,7-8,18-21H2,3-4H3/t25?,26-,27+,28+,29+,30?,34?/m1/s1. The first-order valence-corrected chi connectivity index (χ1v) is 16.9. The highest BCUT2D eigenvalue weighted by Crippen LogP contribution is 2.68. The molecule has 234 valence electrons. The Labute approximate surface area is 272 Å². The molecule has 5 rings (SSSR count). The van der Waals surface area contributed by atoms with Crippen molar-refractivity contribution < 1.29 is 24.2 Å². The van der Waals surface area contributed by atoms with E-state index in [0.29, 0.717) is 12.1 Å². The topological polar surface area (TPSA) is 90.4 Å². The van der Waals surface area contributed by atoms with Crippen LogP contribution in [0.25, 0.3) is 0 Å². The smallest absolute Gasteiger partial charge is 0.311 e. The summed E-state index contributed by atoms with van der Waals surface area (Å²) in [5.41, 5.74) is 2.46. The van der Waals surface area contributed by atoms with Crippen LogP contribution in [-0.4, -0.2) is 81.5 Å². The van der Waals surface area contributed by atoms with E-state index in [1.165, 1.54) is 17.8 Å². The van der Waals surface area contributed by atoms with E-state index in [4.69, 9.17) is 4.74 Å². The number of amides is 2. The van der Waals surface area contributed by atoms with Crippen LogP contribution in [0.15, 0.2) is 79.9 Å². The summed E-state index contributed by atoms with van der Waals surface area (Å²) in [5, 5.41) is 10.5. The average Bonchev–Trinajstić information content (AvgIpc) is 3.64. The third-order valence-corrected chi connectivity index (χ3v) is 12.4. The van der Waals surface area contributed by atoms with Gasteiger partial charge in [-0.2, -0.15) is 0 Å². The van der Waals surface area contributed by atoms with Gasteiger partial charge in [0, 0.05) is 41.1 Å². The van der Waals surface area contributed by atoms with Crippen LogP contribution in [0.2, 0.25) is 0 Å². The van der Waals surface area contributed by atoms with Gasteiger partial charge in [-0.1, -0.05) is 65.0 Å². The predicted octanol–water partition coefficient (Wildman–Crippen LogP) is 4.98. The molecular weight excluding hydrogens is 642 g/mol. The number of ether oxygens (including phenoxy) is 1. The van der Waals surface area contributed by atoms with Gasteiger partial charge in [-0.15, -0.1) is 18.3 Å². The lowest BCUT2D eigenvalue weighted by Gasteiger charge is -2.40. The van der Waals surface area contributed by atoms with Crippen LogP contribution in [0.4, 0.5) is 11.4 Å². The number of hydrogen-bond acceptors (Lipinski definition) is 7. The molecule has 3 fully saturated rings. The first-order chi connectivity index (χ1) is 21.3. The molecule has 10 heteroatoms. The highest BCUT2D eigenvalue weighted by atomic mass is 79.9. The number of nitrogens with zero attached hydrogens (tertiary/aromatic N) is 3. The number of halogens is 1. The number of anilines is 2. The molecule has 2 aromatic carbocycles. The van der Waals surface area contributed by atoms with E-state index in [1.54, 1.807) is 15.9 Å². The molecule has 2 aromatic rings. The van der Waals surface area contributed by atoms with Crippen molar-refractivity contribution in [2.24, 2.45) is 11.8 Å². The number of fused-ring (bicyclic) bond motifs is 1. The van der Waals surface area contributed by atoms with Crippen molar-refractivity contribution in [2.75, 3.05) is 42.6 Å². The van der Waals surface area contributed by atoms with E-state index >= 15 is 0 Å². The maximum atomic E-state index is 15.0. The number of alkyl halides is 1. The first-order valence-electron chi connectivity index (χ1n) is 15.1. The molecule has 3 aliphatic rings. The molecule has 3 unspecified atom stereocenters. The van der Waals surface area contributed by atoms with Gasteiger partial charge in [0.2, 0.25) is 5.91 Å². The average molecular weight is 683 g/mol. The summed E-state index contributed by atoms with van der Waals surface area (Å²) in [4.78, 5) is 48.4. The highest BCUT2D eigenvalue weighted by molar-refractivity contribution is 9.09. The molecule has 2 amide bonds. The van der Waals surface area contributed by atoms with Crippen LogP contribution in [-0.2, 0) is 19.1 Å². The van der Waals surface area contributed by atoms with Crippen molar-refractivity contribution >= 4 is 56.9 Å². The summed E-state index contributed by atoms with van der Waals surface area (Å²) < 4.78 is 4.62. The van der Waals surface area contributed by atoms with Crippen LogP contribution < -0.4 is 9.80 Å². The molecule has 0 aliphatic carbocycles. The second kappa shape index (κ2) is 13.5. The van der Waals surface area contributed by atoms with Gasteiger partial charge in [-0.3, -0.25) is 14.4 Å². The zero-order valence-corrected chi connectivity index (χ0v) is 27.6. The summed E-state index contributed by atoms with van der Waals surface area (Å²) in [7, 11) is 0. The molecule has 3 saturated heterocycles. The van der Waals surface area contributed by atoms with Gasteiger partial charge >= 0.3 is 5.97 Å². The summed E-state index contributed by atoms with van der Waals surface area (Å²) >= 11 is 5.33. The Balaban J connectivity index is 1.62. The van der Waals surface area contributed by atoms with Crippen LogP contribution in [0.1, 0.15) is 31.9 Å². The summed E-state index contributed by atoms with van der Waals surface area (Å²) in [6.45, 7) is 13.4. The number of likely N-dealkylation sites (tertiary alicyclic amines) is 1. The fraction of sp³-hybridized carbons (Fsp3) is 0.441. The van der Waals surface area contributed by atoms with Gasteiger partial charge < -0.3 is 24.5 Å². The molecule has 1 spiro atoms. The summed E-state index contributed by atoms with van der Waals surface area (Å²) in [6.07, 6.45) is 3.70. The van der Waals surface area contributed by atoms with E-state index in [-0.39, 0.29) is 41.6 Å². The van der Waals surface area contributed by atoms with E-state index < -0.39 is 34.6 Å². The van der Waals surface area contributed by atoms with Crippen LogP contribution in [0.3, 0.4) is 0 Å². The Morgan fingerprint density at radius 2 is 1.77 bits per heavy atom. The van der Waals surface area contributed by atoms with Gasteiger partial charge in [0.1, 0.15) is 12.6 Å². The lowest BCUT2D eigenvalue weighted by atomic mass is 9.71. The van der Waals surface area contributed by atoms with Crippen molar-refractivity contribution in [2.45, 2.75) is 47.2 Å². The van der Waals surface area contributed by atoms with E-state index in [1.807, 2.05) is 54.6 Å². The second-order valence-corrected chi connectivity index (χ2v) is 14.1. The summed E-state index contributed by atoms with van der Waals surface area (Å²) in [5.74, 6) is -2.54. The van der Waals surface area contributed by atoms with Crippen molar-refractivity contribution in [3.8, 4) is 0 Å². The number of benzene rings is 2. The van der Waals surface area contributed by atoms with Crippen molar-refractivity contribution in [1.29, 1.82) is 0 Å². The Bertz CT molecular complexity index is 1390. The normalized spacial score (nSPS) is 27.5. The number of carbonyl (C=O) groups is 3. The van der Waals surface area contributed by atoms with Crippen LogP contribution in [0, 0.1) is 11.8 Å². The zero-order valence-electron chi connectivity index (χ0n) is 25.2. The molecule has 8 nitrogen and oxygen atoms in total. The minimum absolute atomic E-state index is 0.0412. The molecule has 1 N–H and O–H groups in total. The Kier molecular flexibility index (Phi) is 9.92. The predicted molar refractivity (Wildman–Crippen MR) is 179 cm³/mol. The lowest BCUT2D eigenvalue weighted by molar-refractivity contribution is -0.153. The molecule has 0 saturated carbocycles. The van der Waals surface area contributed by atoms with Gasteiger partial charge in [0.15, 0.2) is 0 Å². The largest absolute Gasteiger partial charge is 0.461 e. The van der Waals surface area contributed by atoms with E-state index in [0.717, 1.165) is 24.3 Å². The number of thioether (sulfide) groups is 1. The minimum atomic E-state index is -0.938. The number of rotatable bonds is 13. The monoisotopic (exact) mass is 681 g/mol. The van der Waals surface area contributed by atoms with Gasteiger partial charge in [0.05, 0.1) is 29.2 Å². The van der Waals surface area contributed by atoms with E-state index in [2.05, 4.69) is 47.8 Å². The minimum Gasteiger partial charge on any atom is -0.461 e. The third kappa shape index (κ3) is 5.39. The van der Waals surface area contributed by atoms with Crippen molar-refractivity contribution in [3.63, 3.8) is 0 Å². The lowest BCUT2D eigenvalue weighted by Crippen LogP contribution is -2.56.